The molecule has 0 unspecified atom stereocenters. The van der Waals surface area contributed by atoms with E-state index in [1.54, 1.807) is 13.0 Å². The quantitative estimate of drug-likeness (QED) is 0.716. The number of amides is 1. The first kappa shape index (κ1) is 17.2. The summed E-state index contributed by atoms with van der Waals surface area (Å²) >= 11 is 1.25. The Balaban J connectivity index is 1.92. The summed E-state index contributed by atoms with van der Waals surface area (Å²) in [5.41, 5.74) is 1.81. The van der Waals surface area contributed by atoms with E-state index < -0.39 is 5.97 Å². The number of esters is 1. The summed E-state index contributed by atoms with van der Waals surface area (Å²) in [5.74, 6) is -0.761. The average molecular weight is 357 g/mol. The van der Waals surface area contributed by atoms with Crippen LogP contribution in [0.2, 0.25) is 0 Å². The molecule has 0 spiro atoms. The van der Waals surface area contributed by atoms with E-state index in [1.807, 2.05) is 24.4 Å². The summed E-state index contributed by atoms with van der Waals surface area (Å²) in [6.07, 6.45) is 1.98. The van der Waals surface area contributed by atoms with Gasteiger partial charge in [0.05, 0.1) is 7.11 Å². The minimum absolute atomic E-state index is 0.229. The first-order valence-corrected chi connectivity index (χ1v) is 8.70. The third-order valence-electron chi connectivity index (χ3n) is 3.96. The molecule has 3 aromatic rings. The van der Waals surface area contributed by atoms with E-state index in [4.69, 9.17) is 4.74 Å². The molecule has 0 fully saturated rings. The number of aromatic nitrogens is 2. The van der Waals surface area contributed by atoms with E-state index in [1.165, 1.54) is 18.4 Å². The van der Waals surface area contributed by atoms with Gasteiger partial charge in [0.1, 0.15) is 0 Å². The fourth-order valence-corrected chi connectivity index (χ4v) is 3.53. The second-order valence-electron chi connectivity index (χ2n) is 5.92. The molecule has 0 atom stereocenters. The Labute approximate surface area is 149 Å². The van der Waals surface area contributed by atoms with Crippen LogP contribution in [0.15, 0.2) is 30.5 Å². The zero-order valence-electron chi connectivity index (χ0n) is 14.5. The average Bonchev–Trinajstić information content (AvgIpc) is 3.17. The summed E-state index contributed by atoms with van der Waals surface area (Å²) in [5, 5.41) is 4.04. The van der Waals surface area contributed by atoms with Gasteiger partial charge < -0.3 is 9.30 Å². The molecule has 0 bridgehead atoms. The van der Waals surface area contributed by atoms with Gasteiger partial charge in [0.15, 0.2) is 10.8 Å². The van der Waals surface area contributed by atoms with Crippen LogP contribution in [0.5, 0.6) is 0 Å². The summed E-state index contributed by atoms with van der Waals surface area (Å²) in [4.78, 5) is 29.2. The highest BCUT2D eigenvalue weighted by Gasteiger charge is 2.19. The molecule has 1 aromatic carbocycles. The number of nitrogens with one attached hydrogen (secondary N) is 1. The van der Waals surface area contributed by atoms with Crippen LogP contribution in [0.4, 0.5) is 5.13 Å². The number of ether oxygens (including phenoxy) is 1. The number of benzene rings is 1. The molecule has 3 rings (SSSR count). The van der Waals surface area contributed by atoms with Gasteiger partial charge in [0.25, 0.3) is 5.91 Å². The van der Waals surface area contributed by atoms with Crippen LogP contribution in [-0.2, 0) is 4.74 Å². The molecule has 130 valence electrons. The molecule has 2 aromatic heterocycles. The molecule has 6 nitrogen and oxygen atoms in total. The molecule has 0 radical (unpaired) electrons. The number of carbonyl (C=O) groups is 2. The van der Waals surface area contributed by atoms with Crippen molar-refractivity contribution in [3.63, 3.8) is 0 Å². The molecule has 0 aliphatic rings. The highest BCUT2D eigenvalue weighted by Crippen LogP contribution is 2.26. The number of fused-ring (bicyclic) bond motifs is 1. The second-order valence-corrected chi connectivity index (χ2v) is 7.13. The minimum Gasteiger partial charge on any atom is -0.464 e. The molecule has 0 saturated carbocycles. The van der Waals surface area contributed by atoms with Gasteiger partial charge in [0.2, 0.25) is 0 Å². The number of rotatable bonds is 4. The number of hydrogen-bond acceptors (Lipinski definition) is 5. The maximum absolute atomic E-state index is 12.7. The zero-order chi connectivity index (χ0) is 18.1. The van der Waals surface area contributed by atoms with Crippen LogP contribution in [0, 0.1) is 6.92 Å². The Morgan fingerprint density at radius 1 is 1.28 bits per heavy atom. The van der Waals surface area contributed by atoms with E-state index >= 15 is 0 Å². The van der Waals surface area contributed by atoms with Gasteiger partial charge in [-0.3, -0.25) is 10.1 Å². The zero-order valence-corrected chi connectivity index (χ0v) is 15.3. The fourth-order valence-electron chi connectivity index (χ4n) is 2.74. The SMILES string of the molecule is COC(=O)c1nc(NC(=O)c2cccc3c2ccn3C(C)C)sc1C. The summed E-state index contributed by atoms with van der Waals surface area (Å²) in [7, 11) is 1.31. The number of nitrogens with zero attached hydrogens (tertiary/aromatic N) is 2. The third kappa shape index (κ3) is 3.15. The first-order valence-electron chi connectivity index (χ1n) is 7.89. The molecular formula is C18H19N3O3S. The van der Waals surface area contributed by atoms with Crippen molar-refractivity contribution in [1.29, 1.82) is 0 Å². The Bertz CT molecular complexity index is 956. The number of carbonyl (C=O) groups excluding carboxylic acids is 2. The molecule has 0 aliphatic carbocycles. The van der Waals surface area contributed by atoms with Crippen molar-refractivity contribution < 1.29 is 14.3 Å². The van der Waals surface area contributed by atoms with Gasteiger partial charge >= 0.3 is 5.97 Å². The Hall–Kier alpha value is -2.67. The van der Waals surface area contributed by atoms with Crippen LogP contribution in [0.1, 0.15) is 45.6 Å². The molecule has 25 heavy (non-hydrogen) atoms. The molecule has 1 amide bonds. The van der Waals surface area contributed by atoms with Gasteiger partial charge in [-0.25, -0.2) is 9.78 Å². The lowest BCUT2D eigenvalue weighted by molar-refractivity contribution is 0.0594. The van der Waals surface area contributed by atoms with Crippen molar-refractivity contribution in [2.24, 2.45) is 0 Å². The fraction of sp³-hybridized carbons (Fsp3) is 0.278. The lowest BCUT2D eigenvalue weighted by Gasteiger charge is -2.10. The summed E-state index contributed by atoms with van der Waals surface area (Å²) in [6.45, 7) is 5.96. The maximum Gasteiger partial charge on any atom is 0.357 e. The molecule has 1 N–H and O–H groups in total. The van der Waals surface area contributed by atoms with Crippen LogP contribution >= 0.6 is 11.3 Å². The summed E-state index contributed by atoms with van der Waals surface area (Å²) in [6, 6.07) is 7.89. The number of hydrogen-bond donors (Lipinski definition) is 1. The van der Waals surface area contributed by atoms with Gasteiger partial charge in [-0.05, 0) is 39.0 Å². The van der Waals surface area contributed by atoms with Crippen molar-refractivity contribution in [2.75, 3.05) is 12.4 Å². The molecule has 0 saturated heterocycles. The molecule has 7 heteroatoms. The van der Waals surface area contributed by atoms with Crippen molar-refractivity contribution in [3.05, 3.63) is 46.6 Å². The first-order chi connectivity index (χ1) is 11.9. The van der Waals surface area contributed by atoms with Gasteiger partial charge in [-0.2, -0.15) is 0 Å². The van der Waals surface area contributed by atoms with Crippen LogP contribution in [0.3, 0.4) is 0 Å². The normalized spacial score (nSPS) is 11.1. The lowest BCUT2D eigenvalue weighted by Crippen LogP contribution is -2.12. The van der Waals surface area contributed by atoms with E-state index in [0.717, 1.165) is 10.9 Å². The predicted octanol–water partition coefficient (Wildman–Crippen LogP) is 4.03. The monoisotopic (exact) mass is 357 g/mol. The minimum atomic E-state index is -0.509. The van der Waals surface area contributed by atoms with Gasteiger partial charge in [0, 0.05) is 33.6 Å². The van der Waals surface area contributed by atoms with Crippen LogP contribution in [-0.4, -0.2) is 28.5 Å². The van der Waals surface area contributed by atoms with Crippen LogP contribution in [0.25, 0.3) is 10.9 Å². The summed E-state index contributed by atoms with van der Waals surface area (Å²) < 4.78 is 6.81. The third-order valence-corrected chi connectivity index (χ3v) is 4.85. The Kier molecular flexibility index (Phi) is 4.59. The Morgan fingerprint density at radius 2 is 2.04 bits per heavy atom. The van der Waals surface area contributed by atoms with E-state index in [-0.39, 0.29) is 11.6 Å². The largest absolute Gasteiger partial charge is 0.464 e. The maximum atomic E-state index is 12.7. The van der Waals surface area contributed by atoms with Crippen molar-refractivity contribution >= 4 is 39.2 Å². The number of anilines is 1. The lowest BCUT2D eigenvalue weighted by atomic mass is 10.1. The standard InChI is InChI=1S/C18H19N3O3S/c1-10(2)21-9-8-12-13(6-5-7-14(12)21)16(22)20-18-19-15(11(3)25-18)17(23)24-4/h5-10H,1-4H3,(H,19,20,22). The van der Waals surface area contributed by atoms with Gasteiger partial charge in [-0.15, -0.1) is 11.3 Å². The van der Waals surface area contributed by atoms with E-state index in [0.29, 0.717) is 21.6 Å². The van der Waals surface area contributed by atoms with E-state index in [2.05, 4.69) is 28.7 Å². The highest BCUT2D eigenvalue weighted by molar-refractivity contribution is 7.16. The number of methoxy groups -OCH3 is 1. The topological polar surface area (TPSA) is 73.2 Å². The van der Waals surface area contributed by atoms with Crippen LogP contribution < -0.4 is 5.32 Å². The molecule has 2 heterocycles. The van der Waals surface area contributed by atoms with Crippen molar-refractivity contribution in [3.8, 4) is 0 Å². The van der Waals surface area contributed by atoms with Crippen molar-refractivity contribution in [1.82, 2.24) is 9.55 Å². The van der Waals surface area contributed by atoms with Gasteiger partial charge in [-0.1, -0.05) is 6.07 Å². The number of aryl methyl sites for hydroxylation is 1. The predicted molar refractivity (Wildman–Crippen MR) is 98.5 cm³/mol. The van der Waals surface area contributed by atoms with Crippen molar-refractivity contribution in [2.45, 2.75) is 26.8 Å². The smallest absolute Gasteiger partial charge is 0.357 e. The highest BCUT2D eigenvalue weighted by atomic mass is 32.1. The Morgan fingerprint density at radius 3 is 2.72 bits per heavy atom. The number of thiazole rings is 1. The second kappa shape index (κ2) is 6.68. The van der Waals surface area contributed by atoms with E-state index in [9.17, 15) is 9.59 Å². The molecular weight excluding hydrogens is 338 g/mol. The molecule has 0 aliphatic heterocycles.